The third-order valence-corrected chi connectivity index (χ3v) is 1.29. The Labute approximate surface area is 67.6 Å². The van der Waals surface area contributed by atoms with E-state index in [1.807, 2.05) is 6.92 Å². The van der Waals surface area contributed by atoms with Gasteiger partial charge < -0.3 is 11.5 Å². The van der Waals surface area contributed by atoms with Crippen LogP contribution < -0.4 is 11.5 Å². The summed E-state index contributed by atoms with van der Waals surface area (Å²) in [4.78, 5) is 10.2. The predicted octanol–water partition coefficient (Wildman–Crippen LogP) is 0.269. The van der Waals surface area contributed by atoms with Crippen molar-refractivity contribution in [2.75, 3.05) is 6.54 Å². The molecule has 0 unspecified atom stereocenters. The number of primary amides is 1. The first-order chi connectivity index (χ1) is 4.16. The number of carbonyl (C=O) groups excluding carboxylic acids is 1. The smallest absolute Gasteiger partial charge is 0.217 e. The van der Waals surface area contributed by atoms with Crippen LogP contribution in [0.2, 0.25) is 0 Å². The molecule has 0 saturated carbocycles. The molecule has 0 radical (unpaired) electrons. The van der Waals surface area contributed by atoms with Gasteiger partial charge >= 0.3 is 0 Å². The molecule has 0 spiro atoms. The highest BCUT2D eigenvalue weighted by Crippen LogP contribution is 2.01. The van der Waals surface area contributed by atoms with Crippen molar-refractivity contribution in [3.8, 4) is 0 Å². The minimum Gasteiger partial charge on any atom is -0.370 e. The Morgan fingerprint density at radius 2 is 2.10 bits per heavy atom. The largest absolute Gasteiger partial charge is 0.370 e. The Bertz CT molecular complexity index is 97.7. The summed E-state index contributed by atoms with van der Waals surface area (Å²) in [6.45, 7) is 2.64. The van der Waals surface area contributed by atoms with Crippen molar-refractivity contribution in [2.24, 2.45) is 17.4 Å². The van der Waals surface area contributed by atoms with Crippen LogP contribution in [0, 0.1) is 5.92 Å². The molecule has 0 saturated heterocycles. The molecule has 0 bridgehead atoms. The van der Waals surface area contributed by atoms with E-state index in [1.54, 1.807) is 0 Å². The number of nitrogens with two attached hydrogens (primary N) is 2. The van der Waals surface area contributed by atoms with E-state index in [4.69, 9.17) is 11.5 Å². The van der Waals surface area contributed by atoms with Crippen LogP contribution in [0.3, 0.4) is 0 Å². The van der Waals surface area contributed by atoms with E-state index in [0.29, 0.717) is 18.9 Å². The third kappa shape index (κ3) is 7.72. The number of hydrogen-bond donors (Lipinski definition) is 2. The van der Waals surface area contributed by atoms with Crippen molar-refractivity contribution in [1.29, 1.82) is 0 Å². The topological polar surface area (TPSA) is 69.1 Å². The molecule has 4 N–H and O–H groups in total. The molecular formula is C6H15ClN2O. The van der Waals surface area contributed by atoms with Gasteiger partial charge in [-0.1, -0.05) is 6.92 Å². The fourth-order valence-electron chi connectivity index (χ4n) is 0.507. The third-order valence-electron chi connectivity index (χ3n) is 1.29. The maximum absolute atomic E-state index is 10.2. The zero-order chi connectivity index (χ0) is 7.28. The molecule has 0 aliphatic heterocycles. The quantitative estimate of drug-likeness (QED) is 0.630. The summed E-state index contributed by atoms with van der Waals surface area (Å²) in [5.74, 6) is 0.174. The number of amides is 1. The fraction of sp³-hybridized carbons (Fsp3) is 0.833. The number of carbonyl (C=O) groups is 1. The first kappa shape index (κ1) is 12.4. The summed E-state index contributed by atoms with van der Waals surface area (Å²) in [5.41, 5.74) is 10.2. The van der Waals surface area contributed by atoms with E-state index in [-0.39, 0.29) is 18.3 Å². The molecule has 0 aromatic rings. The summed E-state index contributed by atoms with van der Waals surface area (Å²) in [6, 6.07) is 0. The summed E-state index contributed by atoms with van der Waals surface area (Å²) in [6.07, 6.45) is 1.27. The van der Waals surface area contributed by atoms with Crippen LogP contribution in [-0.2, 0) is 4.79 Å². The van der Waals surface area contributed by atoms with Gasteiger partial charge in [-0.05, 0) is 18.9 Å². The normalized spacial score (nSPS) is 11.8. The Morgan fingerprint density at radius 3 is 2.40 bits per heavy atom. The van der Waals surface area contributed by atoms with Gasteiger partial charge in [0.1, 0.15) is 0 Å². The van der Waals surface area contributed by atoms with Gasteiger partial charge in [0.2, 0.25) is 5.91 Å². The van der Waals surface area contributed by atoms with E-state index >= 15 is 0 Å². The average molecular weight is 167 g/mol. The number of rotatable bonds is 4. The summed E-state index contributed by atoms with van der Waals surface area (Å²) >= 11 is 0. The molecule has 62 valence electrons. The van der Waals surface area contributed by atoms with E-state index < -0.39 is 0 Å². The standard InChI is InChI=1S/C6H14N2O.ClH/c1-5(4-7)2-3-6(8)9;/h5H,2-4,7H2,1H3,(H2,8,9);1H/t5-;/m1./s1. The Hall–Kier alpha value is -0.280. The van der Waals surface area contributed by atoms with Crippen LogP contribution in [0.5, 0.6) is 0 Å². The van der Waals surface area contributed by atoms with Crippen molar-refractivity contribution in [3.05, 3.63) is 0 Å². The van der Waals surface area contributed by atoms with Crippen molar-refractivity contribution in [1.82, 2.24) is 0 Å². The van der Waals surface area contributed by atoms with Gasteiger partial charge in [0.05, 0.1) is 0 Å². The van der Waals surface area contributed by atoms with Crippen LogP contribution >= 0.6 is 12.4 Å². The van der Waals surface area contributed by atoms with Crippen LogP contribution in [0.4, 0.5) is 0 Å². The van der Waals surface area contributed by atoms with Crippen molar-refractivity contribution >= 4 is 18.3 Å². The lowest BCUT2D eigenvalue weighted by Gasteiger charge is -2.03. The van der Waals surface area contributed by atoms with Gasteiger partial charge in [0, 0.05) is 6.42 Å². The average Bonchev–Trinajstić information content (AvgIpc) is 1.83. The molecule has 0 aromatic heterocycles. The van der Waals surface area contributed by atoms with Crippen molar-refractivity contribution in [3.63, 3.8) is 0 Å². The molecule has 1 atom stereocenters. The van der Waals surface area contributed by atoms with Gasteiger partial charge in [-0.3, -0.25) is 4.79 Å². The lowest BCUT2D eigenvalue weighted by Crippen LogP contribution is -2.16. The molecule has 4 heteroatoms. The minimum absolute atomic E-state index is 0. The van der Waals surface area contributed by atoms with Crippen LogP contribution in [0.25, 0.3) is 0 Å². The Balaban J connectivity index is 0. The summed E-state index contributed by atoms with van der Waals surface area (Å²) in [5, 5.41) is 0. The monoisotopic (exact) mass is 166 g/mol. The van der Waals surface area contributed by atoms with Crippen molar-refractivity contribution < 1.29 is 4.79 Å². The van der Waals surface area contributed by atoms with Crippen molar-refractivity contribution in [2.45, 2.75) is 19.8 Å². The summed E-state index contributed by atoms with van der Waals surface area (Å²) in [7, 11) is 0. The van der Waals surface area contributed by atoms with Gasteiger partial charge in [-0.2, -0.15) is 0 Å². The Kier molecular flexibility index (Phi) is 8.48. The van der Waals surface area contributed by atoms with E-state index in [2.05, 4.69) is 0 Å². The second-order valence-electron chi connectivity index (χ2n) is 2.35. The lowest BCUT2D eigenvalue weighted by molar-refractivity contribution is -0.118. The van der Waals surface area contributed by atoms with E-state index in [1.165, 1.54) is 0 Å². The van der Waals surface area contributed by atoms with Gasteiger partial charge in [-0.25, -0.2) is 0 Å². The first-order valence-electron chi connectivity index (χ1n) is 3.15. The highest BCUT2D eigenvalue weighted by atomic mass is 35.5. The SMILES string of the molecule is C[C@@H](CN)CCC(N)=O.Cl. The highest BCUT2D eigenvalue weighted by Gasteiger charge is 2.00. The Morgan fingerprint density at radius 1 is 1.60 bits per heavy atom. The molecule has 0 aliphatic rings. The van der Waals surface area contributed by atoms with Gasteiger partial charge in [-0.15, -0.1) is 12.4 Å². The molecule has 0 fully saturated rings. The summed E-state index contributed by atoms with van der Waals surface area (Å²) < 4.78 is 0. The van der Waals surface area contributed by atoms with E-state index in [9.17, 15) is 4.79 Å². The molecule has 3 nitrogen and oxygen atoms in total. The zero-order valence-electron chi connectivity index (χ0n) is 6.17. The maximum Gasteiger partial charge on any atom is 0.217 e. The zero-order valence-corrected chi connectivity index (χ0v) is 6.99. The number of halogens is 1. The molecule has 0 aromatic carbocycles. The fourth-order valence-corrected chi connectivity index (χ4v) is 0.507. The molecule has 0 heterocycles. The highest BCUT2D eigenvalue weighted by molar-refractivity contribution is 5.85. The minimum atomic E-state index is -0.240. The molecule has 0 rings (SSSR count). The molecule has 0 aliphatic carbocycles. The maximum atomic E-state index is 10.2. The van der Waals surface area contributed by atoms with Gasteiger partial charge in [0.15, 0.2) is 0 Å². The van der Waals surface area contributed by atoms with Crippen LogP contribution in [0.15, 0.2) is 0 Å². The second-order valence-corrected chi connectivity index (χ2v) is 2.35. The molecule has 1 amide bonds. The van der Waals surface area contributed by atoms with Crippen LogP contribution in [0.1, 0.15) is 19.8 Å². The molecule has 10 heavy (non-hydrogen) atoms. The first-order valence-corrected chi connectivity index (χ1v) is 3.15. The second kappa shape index (κ2) is 6.83. The molecular weight excluding hydrogens is 152 g/mol. The van der Waals surface area contributed by atoms with Gasteiger partial charge in [0.25, 0.3) is 0 Å². The predicted molar refractivity (Wildman–Crippen MR) is 43.9 cm³/mol. The van der Waals surface area contributed by atoms with E-state index in [0.717, 1.165) is 6.42 Å². The van der Waals surface area contributed by atoms with Crippen LogP contribution in [-0.4, -0.2) is 12.5 Å². The lowest BCUT2D eigenvalue weighted by atomic mass is 10.1. The number of hydrogen-bond acceptors (Lipinski definition) is 2.